The largest absolute Gasteiger partial charge is 1.00 e. The van der Waals surface area contributed by atoms with Crippen molar-refractivity contribution in [2.45, 2.75) is 96.8 Å². The van der Waals surface area contributed by atoms with E-state index in [0.29, 0.717) is 6.42 Å². The summed E-state index contributed by atoms with van der Waals surface area (Å²) in [4.78, 5) is 20.5. The molecule has 25 heavy (non-hydrogen) atoms. The summed E-state index contributed by atoms with van der Waals surface area (Å²) in [6.07, 6.45) is 21.4. The van der Waals surface area contributed by atoms with Gasteiger partial charge in [0.25, 0.3) is 0 Å². The first-order valence-electron chi connectivity index (χ1n) is 9.38. The van der Waals surface area contributed by atoms with Crippen molar-refractivity contribution in [3.8, 4) is 0 Å². The van der Waals surface area contributed by atoms with Crippen molar-refractivity contribution in [2.24, 2.45) is 0 Å². The number of phosphoric acid groups is 1. The van der Waals surface area contributed by atoms with E-state index >= 15 is 0 Å². The van der Waals surface area contributed by atoms with E-state index < -0.39 is 7.82 Å². The van der Waals surface area contributed by atoms with Crippen LogP contribution in [-0.4, -0.2) is 6.61 Å². The molecule has 0 amide bonds. The molecular weight excluding hydrogens is 357 g/mol. The second-order valence-corrected chi connectivity index (χ2v) is 7.37. The molecule has 0 aliphatic carbocycles. The third-order valence-electron chi connectivity index (χ3n) is 3.91. The smallest absolute Gasteiger partial charge is 0.790 e. The van der Waals surface area contributed by atoms with Crippen molar-refractivity contribution < 1.29 is 78.0 Å². The van der Waals surface area contributed by atoms with Crippen LogP contribution in [0.15, 0.2) is 12.2 Å². The fraction of sp³-hybridized carbons (Fsp3) is 0.889. The molecule has 0 radical (unpaired) electrons. The van der Waals surface area contributed by atoms with Crippen molar-refractivity contribution in [3.05, 3.63) is 12.2 Å². The molecule has 138 valence electrons. The van der Waals surface area contributed by atoms with Gasteiger partial charge >= 0.3 is 59.1 Å². The molecule has 0 spiro atoms. The Kier molecular flexibility index (Phi) is 30.1. The normalized spacial score (nSPS) is 11.3. The Morgan fingerprint density at radius 2 is 1.12 bits per heavy atom. The third kappa shape index (κ3) is 30.8. The molecule has 0 N–H and O–H groups in total. The number of hydrogen-bond acceptors (Lipinski definition) is 4. The number of allylic oxidation sites excluding steroid dienone is 2. The van der Waals surface area contributed by atoms with Gasteiger partial charge in [0.15, 0.2) is 0 Å². The minimum atomic E-state index is -4.76. The van der Waals surface area contributed by atoms with Gasteiger partial charge in [-0.15, -0.1) is 0 Å². The van der Waals surface area contributed by atoms with E-state index in [1.165, 1.54) is 57.8 Å². The van der Waals surface area contributed by atoms with E-state index in [-0.39, 0.29) is 65.7 Å². The van der Waals surface area contributed by atoms with E-state index in [2.05, 4.69) is 23.6 Å². The average Bonchev–Trinajstić information content (AvgIpc) is 2.49. The Morgan fingerprint density at radius 3 is 1.56 bits per heavy atom. The van der Waals surface area contributed by atoms with Gasteiger partial charge < -0.3 is 18.9 Å². The molecule has 7 heteroatoms. The third-order valence-corrected chi connectivity index (χ3v) is 4.40. The predicted octanol–water partition coefficient (Wildman–Crippen LogP) is -1.12. The second-order valence-electron chi connectivity index (χ2n) is 6.22. The molecular formula is C18H35Na2O4P. The van der Waals surface area contributed by atoms with Crippen LogP contribution in [0.5, 0.6) is 0 Å². The molecule has 0 fully saturated rings. The van der Waals surface area contributed by atoms with Crippen LogP contribution < -0.4 is 68.9 Å². The zero-order chi connectivity index (χ0) is 17.2. The SMILES string of the molecule is CCCCCCCCC=CCCCCCCCCOP(=O)([O-])[O-].[Na+].[Na+]. The standard InChI is InChI=1S/C18H37O4P.2Na/c1-2-3-4-5-6-7-8-9-10-11-12-13-14-15-16-17-18-22-23(19,20)21;;/h9-10H,2-8,11-18H2,1H3,(H2,19,20,21);;/q;2*+1/p-2. The zero-order valence-corrected chi connectivity index (χ0v) is 21.7. The number of hydrogen-bond donors (Lipinski definition) is 0. The monoisotopic (exact) mass is 392 g/mol. The van der Waals surface area contributed by atoms with Gasteiger partial charge in [-0.3, -0.25) is 0 Å². The summed E-state index contributed by atoms with van der Waals surface area (Å²) < 4.78 is 14.4. The average molecular weight is 392 g/mol. The Balaban J connectivity index is -0.00000242. The number of rotatable bonds is 17. The molecule has 0 aromatic heterocycles. The molecule has 0 bridgehead atoms. The summed E-state index contributed by atoms with van der Waals surface area (Å²) >= 11 is 0. The molecule has 0 heterocycles. The van der Waals surface area contributed by atoms with E-state index in [4.69, 9.17) is 0 Å². The molecule has 0 aliphatic rings. The first-order valence-corrected chi connectivity index (χ1v) is 10.8. The fourth-order valence-corrected chi connectivity index (χ4v) is 2.88. The van der Waals surface area contributed by atoms with Crippen LogP contribution >= 0.6 is 7.82 Å². The summed E-state index contributed by atoms with van der Waals surface area (Å²) in [5, 5.41) is 0. The van der Waals surface area contributed by atoms with Gasteiger partial charge in [0.05, 0.1) is 14.4 Å². The zero-order valence-electron chi connectivity index (χ0n) is 16.8. The maximum atomic E-state index is 10.2. The van der Waals surface area contributed by atoms with Crippen LogP contribution in [0.1, 0.15) is 96.8 Å². The Labute approximate surface area is 199 Å². The van der Waals surface area contributed by atoms with E-state index in [0.717, 1.165) is 25.7 Å². The fourth-order valence-electron chi connectivity index (χ4n) is 2.53. The minimum absolute atomic E-state index is 0. The first kappa shape index (κ1) is 31.5. The predicted molar refractivity (Wildman–Crippen MR) is 93.0 cm³/mol. The van der Waals surface area contributed by atoms with E-state index in [9.17, 15) is 14.4 Å². The van der Waals surface area contributed by atoms with Crippen LogP contribution in [0.2, 0.25) is 0 Å². The quantitative estimate of drug-likeness (QED) is 0.136. The van der Waals surface area contributed by atoms with Crippen LogP contribution in [0.3, 0.4) is 0 Å². The van der Waals surface area contributed by atoms with Crippen molar-refractivity contribution in [1.82, 2.24) is 0 Å². The number of phosphoric ester groups is 1. The molecule has 0 saturated heterocycles. The van der Waals surface area contributed by atoms with Gasteiger partial charge in [0, 0.05) is 0 Å². The van der Waals surface area contributed by atoms with Crippen LogP contribution in [0.25, 0.3) is 0 Å². The van der Waals surface area contributed by atoms with Crippen LogP contribution in [0.4, 0.5) is 0 Å². The topological polar surface area (TPSA) is 72.4 Å². The van der Waals surface area contributed by atoms with Gasteiger partial charge in [0.1, 0.15) is 0 Å². The van der Waals surface area contributed by atoms with E-state index in [1.54, 1.807) is 0 Å². The Morgan fingerprint density at radius 1 is 0.720 bits per heavy atom. The summed E-state index contributed by atoms with van der Waals surface area (Å²) in [6.45, 7) is 2.28. The van der Waals surface area contributed by atoms with Gasteiger partial charge in [-0.1, -0.05) is 76.9 Å². The Hall–Kier alpha value is 1.85. The molecule has 4 nitrogen and oxygen atoms in total. The summed E-state index contributed by atoms with van der Waals surface area (Å²) in [5.74, 6) is 0. The van der Waals surface area contributed by atoms with Crippen molar-refractivity contribution in [2.75, 3.05) is 6.61 Å². The maximum Gasteiger partial charge on any atom is 1.00 e. The van der Waals surface area contributed by atoms with Crippen molar-refractivity contribution in [3.63, 3.8) is 0 Å². The van der Waals surface area contributed by atoms with Crippen LogP contribution in [0, 0.1) is 0 Å². The Bertz CT molecular complexity index is 322. The minimum Gasteiger partial charge on any atom is -0.790 e. The second kappa shape index (κ2) is 23.9. The van der Waals surface area contributed by atoms with Gasteiger partial charge in [0.2, 0.25) is 0 Å². The summed E-state index contributed by atoms with van der Waals surface area (Å²) in [6, 6.07) is 0. The molecule has 0 aliphatic heterocycles. The van der Waals surface area contributed by atoms with Crippen LogP contribution in [-0.2, 0) is 9.09 Å². The summed E-state index contributed by atoms with van der Waals surface area (Å²) in [7, 11) is -4.76. The van der Waals surface area contributed by atoms with Crippen molar-refractivity contribution >= 4 is 7.82 Å². The van der Waals surface area contributed by atoms with Gasteiger partial charge in [-0.05, 0) is 32.1 Å². The molecule has 0 atom stereocenters. The first-order chi connectivity index (χ1) is 11.1. The molecule has 0 saturated carbocycles. The molecule has 0 unspecified atom stereocenters. The maximum absolute atomic E-state index is 10.2. The molecule has 0 aromatic rings. The number of unbranched alkanes of at least 4 members (excludes halogenated alkanes) is 12. The van der Waals surface area contributed by atoms with Crippen molar-refractivity contribution in [1.29, 1.82) is 0 Å². The molecule has 0 aromatic carbocycles. The van der Waals surface area contributed by atoms with Gasteiger partial charge in [-0.2, -0.15) is 0 Å². The molecule has 0 rings (SSSR count). The van der Waals surface area contributed by atoms with E-state index in [1.807, 2.05) is 0 Å². The summed E-state index contributed by atoms with van der Waals surface area (Å²) in [5.41, 5.74) is 0. The van der Waals surface area contributed by atoms with Gasteiger partial charge in [-0.25, -0.2) is 0 Å².